The zero-order valence-electron chi connectivity index (χ0n) is 60.2. The summed E-state index contributed by atoms with van der Waals surface area (Å²) in [5.41, 5.74) is 0. The normalized spacial score (nSPS) is 14.5. The lowest BCUT2D eigenvalue weighted by atomic mass is 10.00. The van der Waals surface area contributed by atoms with Crippen LogP contribution in [0.15, 0.2) is 0 Å². The quantitative estimate of drug-likeness (QED) is 0.0222. The summed E-state index contributed by atoms with van der Waals surface area (Å²) in [5, 5.41) is 10.6. The number of unbranched alkanes of at least 4 members (excludes halogenated alkanes) is 35. The number of hydrogen-bond donors (Lipinski definition) is 3. The lowest BCUT2D eigenvalue weighted by molar-refractivity contribution is -0.161. The fraction of sp³-hybridized carbons (Fsp3) is 0.945. The van der Waals surface area contributed by atoms with Crippen LogP contribution in [0.5, 0.6) is 0 Å². The molecule has 0 saturated heterocycles. The van der Waals surface area contributed by atoms with E-state index in [-0.39, 0.29) is 25.7 Å². The van der Waals surface area contributed by atoms with Gasteiger partial charge in [0.2, 0.25) is 0 Å². The first-order valence-corrected chi connectivity index (χ1v) is 40.7. The Bertz CT molecular complexity index is 1820. The second-order valence-electron chi connectivity index (χ2n) is 28.0. The van der Waals surface area contributed by atoms with Gasteiger partial charge < -0.3 is 33.8 Å². The lowest BCUT2D eigenvalue weighted by Gasteiger charge is -2.21. The van der Waals surface area contributed by atoms with Crippen molar-refractivity contribution < 1.29 is 80.2 Å². The first-order valence-electron chi connectivity index (χ1n) is 37.7. The van der Waals surface area contributed by atoms with Gasteiger partial charge in [0, 0.05) is 25.7 Å². The van der Waals surface area contributed by atoms with E-state index >= 15 is 0 Å². The van der Waals surface area contributed by atoms with Gasteiger partial charge in [-0.3, -0.25) is 37.3 Å². The van der Waals surface area contributed by atoms with Crippen molar-refractivity contribution in [3.63, 3.8) is 0 Å². The molecular weight excluding hydrogens is 1210 g/mol. The van der Waals surface area contributed by atoms with E-state index in [1.54, 1.807) is 0 Å². The van der Waals surface area contributed by atoms with E-state index in [1.807, 2.05) is 0 Å². The summed E-state index contributed by atoms with van der Waals surface area (Å²) in [7, 11) is -9.91. The molecule has 0 heterocycles. The summed E-state index contributed by atoms with van der Waals surface area (Å²) < 4.78 is 68.3. The lowest BCUT2D eigenvalue weighted by Crippen LogP contribution is -2.30. The number of hydrogen-bond acceptors (Lipinski definition) is 15. The highest BCUT2D eigenvalue weighted by Crippen LogP contribution is 2.45. The number of aliphatic hydroxyl groups excluding tert-OH is 1. The van der Waals surface area contributed by atoms with Crippen molar-refractivity contribution in [2.75, 3.05) is 39.6 Å². The fourth-order valence-corrected chi connectivity index (χ4v) is 12.6. The largest absolute Gasteiger partial charge is 0.472 e. The molecule has 0 spiro atoms. The molecule has 0 aromatic rings. The SMILES string of the molecule is CCC(C)CCCCCCCCC(=O)O[C@H](COC(=O)CCCCCCCCCCC(C)C)COP(=O)(O)OCC(O)COP(=O)(O)OC[C@@H](COC(=O)CCCCCCCCCCCCCCCCCCC(C)C)OC(=O)CCCCCCCCCCCC(C)C. The number of esters is 4. The maximum atomic E-state index is 13.0. The Balaban J connectivity index is 5.20. The Labute approximate surface area is 562 Å². The Morgan fingerprint density at radius 2 is 0.522 bits per heavy atom. The van der Waals surface area contributed by atoms with Crippen LogP contribution in [-0.4, -0.2) is 96.7 Å². The van der Waals surface area contributed by atoms with Gasteiger partial charge in [0.1, 0.15) is 19.3 Å². The van der Waals surface area contributed by atoms with Gasteiger partial charge in [-0.1, -0.05) is 312 Å². The van der Waals surface area contributed by atoms with E-state index in [2.05, 4.69) is 55.4 Å². The van der Waals surface area contributed by atoms with Crippen molar-refractivity contribution in [1.82, 2.24) is 0 Å². The highest BCUT2D eigenvalue weighted by Gasteiger charge is 2.30. The van der Waals surface area contributed by atoms with Crippen molar-refractivity contribution in [3.05, 3.63) is 0 Å². The Morgan fingerprint density at radius 3 is 0.772 bits per heavy atom. The summed E-state index contributed by atoms with van der Waals surface area (Å²) in [4.78, 5) is 72.6. The zero-order valence-corrected chi connectivity index (χ0v) is 62.0. The van der Waals surface area contributed by atoms with Crippen molar-refractivity contribution in [1.29, 1.82) is 0 Å². The third-order valence-electron chi connectivity index (χ3n) is 17.2. The van der Waals surface area contributed by atoms with E-state index in [9.17, 15) is 43.2 Å². The molecule has 6 atom stereocenters. The van der Waals surface area contributed by atoms with Gasteiger partial charge in [-0.15, -0.1) is 0 Å². The molecule has 0 radical (unpaired) electrons. The number of aliphatic hydroxyl groups is 1. The smallest absolute Gasteiger partial charge is 0.462 e. The van der Waals surface area contributed by atoms with Crippen molar-refractivity contribution in [2.24, 2.45) is 23.7 Å². The molecular formula is C73H142O17P2. The molecule has 4 unspecified atom stereocenters. The summed E-state index contributed by atoms with van der Waals surface area (Å²) in [6, 6.07) is 0. The standard InChI is InChI=1S/C73H142O17P2/c1-9-66(8)52-44-36-31-32-40-48-56-73(78)90-69(60-84-71(76)54-46-38-29-24-23-27-35-43-51-65(6)7)62-88-92(81,82)86-58-67(74)57-85-91(79,80)87-61-68(89-72(77)55-47-39-30-22-18-20-26-34-42-50-64(4)5)59-83-70(75)53-45-37-28-21-17-15-13-11-10-12-14-16-19-25-33-41-49-63(2)3/h63-69,74H,9-62H2,1-8H3,(H,79,80)(H,81,82)/t66?,67?,68-,69-/m1/s1. The van der Waals surface area contributed by atoms with Crippen LogP contribution in [0.3, 0.4) is 0 Å². The van der Waals surface area contributed by atoms with Crippen LogP contribution in [0, 0.1) is 23.7 Å². The Hall–Kier alpha value is -1.94. The predicted molar refractivity (Wildman–Crippen MR) is 372 cm³/mol. The highest BCUT2D eigenvalue weighted by atomic mass is 31.2. The molecule has 0 aromatic carbocycles. The molecule has 0 aromatic heterocycles. The van der Waals surface area contributed by atoms with Crippen LogP contribution < -0.4 is 0 Å². The van der Waals surface area contributed by atoms with Gasteiger partial charge in [0.25, 0.3) is 0 Å². The molecule has 0 saturated carbocycles. The third kappa shape index (κ3) is 65.4. The number of phosphoric ester groups is 2. The minimum atomic E-state index is -4.95. The number of phosphoric acid groups is 2. The number of carbonyl (C=O) groups is 4. The zero-order chi connectivity index (χ0) is 68.2. The van der Waals surface area contributed by atoms with Crippen LogP contribution in [0.25, 0.3) is 0 Å². The molecule has 0 bridgehead atoms. The van der Waals surface area contributed by atoms with Crippen LogP contribution in [-0.2, 0) is 65.4 Å². The molecule has 17 nitrogen and oxygen atoms in total. The van der Waals surface area contributed by atoms with E-state index in [4.69, 9.17) is 37.0 Å². The molecule has 0 aliphatic rings. The van der Waals surface area contributed by atoms with Gasteiger partial charge in [-0.2, -0.15) is 0 Å². The topological polar surface area (TPSA) is 237 Å². The molecule has 546 valence electrons. The second-order valence-corrected chi connectivity index (χ2v) is 30.9. The average molecular weight is 1350 g/mol. The van der Waals surface area contributed by atoms with Gasteiger partial charge in [-0.05, 0) is 49.4 Å². The van der Waals surface area contributed by atoms with Crippen molar-refractivity contribution in [3.8, 4) is 0 Å². The first-order chi connectivity index (χ1) is 44.1. The van der Waals surface area contributed by atoms with Crippen molar-refractivity contribution >= 4 is 39.5 Å². The molecule has 0 rings (SSSR count). The summed E-state index contributed by atoms with van der Waals surface area (Å²) >= 11 is 0. The second kappa shape index (κ2) is 62.6. The van der Waals surface area contributed by atoms with Gasteiger partial charge in [0.05, 0.1) is 26.4 Å². The summed E-state index contributed by atoms with van der Waals surface area (Å²) in [6.07, 6.45) is 46.0. The molecule has 0 aliphatic carbocycles. The molecule has 19 heteroatoms. The maximum absolute atomic E-state index is 13.0. The molecule has 3 N–H and O–H groups in total. The minimum absolute atomic E-state index is 0.102. The number of ether oxygens (including phenoxy) is 4. The van der Waals surface area contributed by atoms with E-state index < -0.39 is 97.5 Å². The van der Waals surface area contributed by atoms with Crippen LogP contribution in [0.2, 0.25) is 0 Å². The molecule has 0 aliphatic heterocycles. The van der Waals surface area contributed by atoms with Crippen LogP contribution >= 0.6 is 15.6 Å². The monoisotopic (exact) mass is 1350 g/mol. The first kappa shape index (κ1) is 90.1. The molecule has 92 heavy (non-hydrogen) atoms. The van der Waals surface area contributed by atoms with Gasteiger partial charge in [0.15, 0.2) is 12.2 Å². The van der Waals surface area contributed by atoms with Crippen LogP contribution in [0.4, 0.5) is 0 Å². The Kier molecular flexibility index (Phi) is 61.3. The summed E-state index contributed by atoms with van der Waals surface area (Å²) in [5.74, 6) is 0.866. The van der Waals surface area contributed by atoms with E-state index in [1.165, 1.54) is 167 Å². The van der Waals surface area contributed by atoms with Crippen LogP contribution in [0.1, 0.15) is 364 Å². The number of carbonyl (C=O) groups excluding carboxylic acids is 4. The fourth-order valence-electron chi connectivity index (χ4n) is 11.0. The number of rotatable bonds is 70. The van der Waals surface area contributed by atoms with Crippen molar-refractivity contribution in [2.45, 2.75) is 382 Å². The summed E-state index contributed by atoms with van der Waals surface area (Å²) in [6.45, 7) is 14.1. The molecule has 0 amide bonds. The predicted octanol–water partition coefficient (Wildman–Crippen LogP) is 20.9. The van der Waals surface area contributed by atoms with E-state index in [0.29, 0.717) is 25.7 Å². The van der Waals surface area contributed by atoms with Gasteiger partial charge in [-0.25, -0.2) is 9.13 Å². The molecule has 0 fully saturated rings. The Morgan fingerprint density at radius 1 is 0.304 bits per heavy atom. The average Bonchev–Trinajstić information content (AvgIpc) is 1.50. The highest BCUT2D eigenvalue weighted by molar-refractivity contribution is 7.47. The third-order valence-corrected chi connectivity index (χ3v) is 19.1. The van der Waals surface area contributed by atoms with Gasteiger partial charge >= 0.3 is 39.5 Å². The minimum Gasteiger partial charge on any atom is -0.462 e. The maximum Gasteiger partial charge on any atom is 0.472 e. The van der Waals surface area contributed by atoms with E-state index in [0.717, 1.165) is 114 Å².